The molecule has 0 aliphatic carbocycles. The SMILES string of the molecule is N.O=S(=O)(O)C(F)(F)C(F)(F)C(F)CCCCCCCCC(F)(F)F. The average Bonchev–Trinajstić information content (AvgIpc) is 2.38. The smallest absolute Gasteiger partial charge is 0.344 e. The highest BCUT2D eigenvalue weighted by Crippen LogP contribution is 2.43. The number of rotatable bonds is 11. The highest BCUT2D eigenvalue weighted by molar-refractivity contribution is 7.87. The summed E-state index contributed by atoms with van der Waals surface area (Å²) in [6, 6.07) is 0. The molecule has 0 saturated carbocycles. The Morgan fingerprint density at radius 2 is 1.20 bits per heavy atom. The van der Waals surface area contributed by atoms with Crippen LogP contribution in [0.3, 0.4) is 0 Å². The van der Waals surface area contributed by atoms with Crippen molar-refractivity contribution in [1.82, 2.24) is 6.15 Å². The van der Waals surface area contributed by atoms with Crippen LogP contribution >= 0.6 is 0 Å². The molecule has 0 spiro atoms. The first kappa shape index (κ1) is 26.5. The van der Waals surface area contributed by atoms with Gasteiger partial charge in [0.15, 0.2) is 6.17 Å². The van der Waals surface area contributed by atoms with Crippen LogP contribution in [0.4, 0.5) is 35.1 Å². The first-order chi connectivity index (χ1) is 10.6. The van der Waals surface area contributed by atoms with Crippen LogP contribution in [0.1, 0.15) is 51.4 Å². The second-order valence-corrected chi connectivity index (χ2v) is 6.82. The summed E-state index contributed by atoms with van der Waals surface area (Å²) in [5.41, 5.74) is 0. The molecule has 0 aromatic rings. The Hall–Kier alpha value is -0.690. The van der Waals surface area contributed by atoms with Crippen molar-refractivity contribution < 1.29 is 48.1 Å². The Balaban J connectivity index is 0. The van der Waals surface area contributed by atoms with Gasteiger partial charge in [0, 0.05) is 6.42 Å². The molecule has 0 saturated heterocycles. The van der Waals surface area contributed by atoms with Crippen molar-refractivity contribution in [2.45, 2.75) is 74.9 Å². The minimum atomic E-state index is -6.48. The first-order valence-corrected chi connectivity index (χ1v) is 8.50. The molecular formula is C12H21F8NO3S. The van der Waals surface area contributed by atoms with Gasteiger partial charge in [-0.2, -0.15) is 39.2 Å². The van der Waals surface area contributed by atoms with Gasteiger partial charge >= 0.3 is 27.5 Å². The maximum atomic E-state index is 13.2. The maximum absolute atomic E-state index is 13.2. The van der Waals surface area contributed by atoms with Crippen molar-refractivity contribution in [1.29, 1.82) is 0 Å². The predicted molar refractivity (Wildman–Crippen MR) is 74.4 cm³/mol. The molecule has 13 heteroatoms. The molecule has 1 unspecified atom stereocenters. The van der Waals surface area contributed by atoms with E-state index in [1.807, 2.05) is 0 Å². The lowest BCUT2D eigenvalue weighted by atomic mass is 10.0. The molecule has 4 nitrogen and oxygen atoms in total. The van der Waals surface area contributed by atoms with Crippen LogP contribution in [0.2, 0.25) is 0 Å². The molecule has 0 amide bonds. The van der Waals surface area contributed by atoms with Crippen molar-refractivity contribution in [3.05, 3.63) is 0 Å². The van der Waals surface area contributed by atoms with Gasteiger partial charge in [0.25, 0.3) is 0 Å². The molecule has 0 aromatic heterocycles. The zero-order chi connectivity index (χ0) is 19.2. The van der Waals surface area contributed by atoms with Gasteiger partial charge in [0.2, 0.25) is 0 Å². The number of halogens is 8. The summed E-state index contributed by atoms with van der Waals surface area (Å²) in [6.45, 7) is 0. The van der Waals surface area contributed by atoms with Crippen LogP contribution in [-0.4, -0.2) is 36.5 Å². The van der Waals surface area contributed by atoms with Crippen molar-refractivity contribution in [3.63, 3.8) is 0 Å². The third-order valence-electron chi connectivity index (χ3n) is 3.27. The van der Waals surface area contributed by atoms with Gasteiger partial charge in [-0.05, 0) is 12.8 Å². The van der Waals surface area contributed by atoms with Gasteiger partial charge in [-0.25, -0.2) is 4.39 Å². The van der Waals surface area contributed by atoms with Crippen LogP contribution in [-0.2, 0) is 10.1 Å². The molecule has 0 bridgehead atoms. The number of hydrogen-bond donors (Lipinski definition) is 2. The maximum Gasteiger partial charge on any atom is 0.434 e. The van der Waals surface area contributed by atoms with Gasteiger partial charge < -0.3 is 6.15 Å². The van der Waals surface area contributed by atoms with Gasteiger partial charge in [-0.3, -0.25) is 4.55 Å². The van der Waals surface area contributed by atoms with Crippen molar-refractivity contribution in [3.8, 4) is 0 Å². The third-order valence-corrected chi connectivity index (χ3v) is 4.19. The molecule has 0 aliphatic rings. The second kappa shape index (κ2) is 9.86. The highest BCUT2D eigenvalue weighted by Gasteiger charge is 2.69. The molecular weight excluding hydrogens is 390 g/mol. The van der Waals surface area contributed by atoms with E-state index in [-0.39, 0.29) is 31.8 Å². The molecule has 1 atom stereocenters. The molecule has 0 aliphatic heterocycles. The number of alkyl halides is 8. The number of unbranched alkanes of at least 4 members (excludes halogenated alkanes) is 5. The zero-order valence-corrected chi connectivity index (χ0v) is 14.0. The fraction of sp³-hybridized carbons (Fsp3) is 1.00. The lowest BCUT2D eigenvalue weighted by Crippen LogP contribution is -2.52. The van der Waals surface area contributed by atoms with E-state index in [2.05, 4.69) is 0 Å². The minimum Gasteiger partial charge on any atom is -0.344 e. The average molecular weight is 411 g/mol. The van der Waals surface area contributed by atoms with Gasteiger partial charge in [-0.15, -0.1) is 0 Å². The highest BCUT2D eigenvalue weighted by atomic mass is 32.2. The minimum absolute atomic E-state index is 0. The Labute approximate surface area is 140 Å². The predicted octanol–water partition coefficient (Wildman–Crippen LogP) is 5.29. The summed E-state index contributed by atoms with van der Waals surface area (Å²) in [6.07, 6.45) is -9.17. The van der Waals surface area contributed by atoms with Crippen LogP contribution in [0.25, 0.3) is 0 Å². The normalized spacial score (nSPS) is 14.9. The van der Waals surface area contributed by atoms with E-state index in [0.717, 1.165) is 0 Å². The molecule has 0 radical (unpaired) electrons. The number of hydrogen-bond acceptors (Lipinski definition) is 3. The van der Waals surface area contributed by atoms with E-state index >= 15 is 0 Å². The molecule has 0 fully saturated rings. The van der Waals surface area contributed by atoms with E-state index in [1.165, 1.54) is 0 Å². The largest absolute Gasteiger partial charge is 0.434 e. The monoisotopic (exact) mass is 411 g/mol. The van der Waals surface area contributed by atoms with E-state index < -0.39 is 46.5 Å². The van der Waals surface area contributed by atoms with Gasteiger partial charge in [0.1, 0.15) is 0 Å². The summed E-state index contributed by atoms with van der Waals surface area (Å²) in [7, 11) is -6.48. The fourth-order valence-corrected chi connectivity index (χ4v) is 2.36. The topological polar surface area (TPSA) is 89.4 Å². The summed E-state index contributed by atoms with van der Waals surface area (Å²) in [4.78, 5) is 0. The fourth-order valence-electron chi connectivity index (χ4n) is 1.89. The summed E-state index contributed by atoms with van der Waals surface area (Å²) < 4.78 is 129. The van der Waals surface area contributed by atoms with Crippen LogP contribution in [0.15, 0.2) is 0 Å². The molecule has 154 valence electrons. The van der Waals surface area contributed by atoms with Gasteiger partial charge in [0.05, 0.1) is 0 Å². The third kappa shape index (κ3) is 8.49. The van der Waals surface area contributed by atoms with E-state index in [9.17, 15) is 43.5 Å². The van der Waals surface area contributed by atoms with Crippen molar-refractivity contribution >= 4 is 10.1 Å². The molecule has 4 N–H and O–H groups in total. The van der Waals surface area contributed by atoms with Crippen molar-refractivity contribution in [2.75, 3.05) is 0 Å². The van der Waals surface area contributed by atoms with Crippen LogP contribution < -0.4 is 6.15 Å². The molecule has 0 heterocycles. The second-order valence-electron chi connectivity index (χ2n) is 5.36. The Morgan fingerprint density at radius 3 is 1.60 bits per heavy atom. The first-order valence-electron chi connectivity index (χ1n) is 7.06. The van der Waals surface area contributed by atoms with E-state index in [0.29, 0.717) is 12.8 Å². The lowest BCUT2D eigenvalue weighted by molar-refractivity contribution is -0.198. The lowest BCUT2D eigenvalue weighted by Gasteiger charge is -2.26. The van der Waals surface area contributed by atoms with Crippen LogP contribution in [0.5, 0.6) is 0 Å². The molecule has 25 heavy (non-hydrogen) atoms. The Kier molecular flexibility index (Phi) is 10.5. The van der Waals surface area contributed by atoms with Gasteiger partial charge in [-0.1, -0.05) is 32.1 Å². The Morgan fingerprint density at radius 1 is 0.800 bits per heavy atom. The summed E-state index contributed by atoms with van der Waals surface area (Å²) in [5, 5.41) is -5.95. The van der Waals surface area contributed by atoms with Crippen LogP contribution in [0, 0.1) is 0 Å². The molecule has 0 rings (SSSR count). The molecule has 0 aromatic carbocycles. The standard InChI is InChI=1S/C12H18F8O3S.H3N/c13-9(11(17,18)12(19,20)24(21,22)23)7-5-3-1-2-4-6-8-10(14,15)16;/h9H,1-8H2,(H,21,22,23);1H3. The Bertz CT molecular complexity index is 481. The summed E-state index contributed by atoms with van der Waals surface area (Å²) in [5.74, 6) is -5.59. The van der Waals surface area contributed by atoms with E-state index in [1.54, 1.807) is 0 Å². The zero-order valence-electron chi connectivity index (χ0n) is 13.1. The quantitative estimate of drug-likeness (QED) is 0.275. The van der Waals surface area contributed by atoms with Crippen molar-refractivity contribution in [2.24, 2.45) is 0 Å². The van der Waals surface area contributed by atoms with E-state index in [4.69, 9.17) is 4.55 Å². The summed E-state index contributed by atoms with van der Waals surface area (Å²) >= 11 is 0.